The second kappa shape index (κ2) is 9.68. The molecule has 0 saturated carbocycles. The van der Waals surface area contributed by atoms with E-state index < -0.39 is 15.8 Å². The SMILES string of the molecule is CCC(CC)CN(CC)C(=O)c1ccc(S(=O)(=O)Nc2ccccc2F)cc1. The first-order valence-electron chi connectivity index (χ1n) is 9.49. The maximum Gasteiger partial charge on any atom is 0.261 e. The van der Waals surface area contributed by atoms with Crippen LogP contribution in [0.25, 0.3) is 0 Å². The summed E-state index contributed by atoms with van der Waals surface area (Å²) >= 11 is 0. The molecule has 0 fully saturated rings. The second-order valence-corrected chi connectivity index (χ2v) is 8.32. The Kier molecular flexibility index (Phi) is 7.57. The van der Waals surface area contributed by atoms with Crippen LogP contribution < -0.4 is 4.72 Å². The standard InChI is InChI=1S/C21H27FN2O3S/c1-4-16(5-2)15-24(6-3)21(25)17-11-13-18(14-12-17)28(26,27)23-20-10-8-7-9-19(20)22/h7-14,16,23H,4-6,15H2,1-3H3. The second-order valence-electron chi connectivity index (χ2n) is 6.64. The fraction of sp³-hybridized carbons (Fsp3) is 0.381. The van der Waals surface area contributed by atoms with Crippen LogP contribution in [-0.2, 0) is 10.0 Å². The van der Waals surface area contributed by atoms with Crippen LogP contribution in [0.3, 0.4) is 0 Å². The molecule has 2 aromatic carbocycles. The van der Waals surface area contributed by atoms with Crippen LogP contribution in [0.4, 0.5) is 10.1 Å². The molecule has 0 aromatic heterocycles. The van der Waals surface area contributed by atoms with Gasteiger partial charge in [0.15, 0.2) is 0 Å². The predicted molar refractivity (Wildman–Crippen MR) is 109 cm³/mol. The van der Waals surface area contributed by atoms with Gasteiger partial charge in [-0.05, 0) is 49.2 Å². The molecule has 152 valence electrons. The molecule has 1 amide bonds. The lowest BCUT2D eigenvalue weighted by molar-refractivity contribution is 0.0735. The van der Waals surface area contributed by atoms with Crippen molar-refractivity contribution in [3.63, 3.8) is 0 Å². The normalized spacial score (nSPS) is 11.5. The van der Waals surface area contributed by atoms with Crippen LogP contribution in [0.15, 0.2) is 53.4 Å². The molecule has 0 aliphatic carbocycles. The lowest BCUT2D eigenvalue weighted by Gasteiger charge is -2.25. The summed E-state index contributed by atoms with van der Waals surface area (Å²) in [5.74, 6) is -0.341. The number of carbonyl (C=O) groups excluding carboxylic acids is 1. The Morgan fingerprint density at radius 3 is 2.18 bits per heavy atom. The molecule has 2 aromatic rings. The number of hydrogen-bond donors (Lipinski definition) is 1. The van der Waals surface area contributed by atoms with Crippen molar-refractivity contribution in [2.75, 3.05) is 17.8 Å². The molecule has 0 aliphatic heterocycles. The van der Waals surface area contributed by atoms with Gasteiger partial charge in [-0.2, -0.15) is 0 Å². The minimum absolute atomic E-state index is 0.0321. The first-order valence-corrected chi connectivity index (χ1v) is 11.0. The van der Waals surface area contributed by atoms with Crippen molar-refractivity contribution < 1.29 is 17.6 Å². The van der Waals surface area contributed by atoms with Crippen molar-refractivity contribution in [3.05, 3.63) is 59.9 Å². The highest BCUT2D eigenvalue weighted by Gasteiger charge is 2.20. The largest absolute Gasteiger partial charge is 0.339 e. The summed E-state index contributed by atoms with van der Waals surface area (Å²) in [6, 6.07) is 11.3. The Balaban J connectivity index is 2.17. The number of carbonyl (C=O) groups is 1. The van der Waals surface area contributed by atoms with Crippen LogP contribution in [-0.4, -0.2) is 32.3 Å². The summed E-state index contributed by atoms with van der Waals surface area (Å²) < 4.78 is 40.9. The molecule has 0 unspecified atom stereocenters. The lowest BCUT2D eigenvalue weighted by Crippen LogP contribution is -2.35. The van der Waals surface area contributed by atoms with E-state index in [2.05, 4.69) is 18.6 Å². The van der Waals surface area contributed by atoms with E-state index in [1.54, 1.807) is 11.0 Å². The fourth-order valence-corrected chi connectivity index (χ4v) is 3.99. The van der Waals surface area contributed by atoms with E-state index in [9.17, 15) is 17.6 Å². The van der Waals surface area contributed by atoms with E-state index >= 15 is 0 Å². The van der Waals surface area contributed by atoms with Gasteiger partial charge >= 0.3 is 0 Å². The number of sulfonamides is 1. The van der Waals surface area contributed by atoms with E-state index in [4.69, 9.17) is 0 Å². The summed E-state index contributed by atoms with van der Waals surface area (Å²) in [6.45, 7) is 7.41. The van der Waals surface area contributed by atoms with Gasteiger partial charge in [0.2, 0.25) is 0 Å². The molecule has 2 rings (SSSR count). The highest BCUT2D eigenvalue weighted by Crippen LogP contribution is 2.20. The maximum atomic E-state index is 13.7. The summed E-state index contributed by atoms with van der Waals surface area (Å²) in [6.07, 6.45) is 2.00. The highest BCUT2D eigenvalue weighted by molar-refractivity contribution is 7.92. The average molecular weight is 407 g/mol. The number of halogens is 1. The number of hydrogen-bond acceptors (Lipinski definition) is 3. The van der Waals surface area contributed by atoms with Gasteiger partial charge in [0.05, 0.1) is 10.6 Å². The molecular weight excluding hydrogens is 379 g/mol. The molecule has 0 radical (unpaired) electrons. The molecule has 28 heavy (non-hydrogen) atoms. The van der Waals surface area contributed by atoms with Crippen molar-refractivity contribution in [3.8, 4) is 0 Å². The molecular formula is C21H27FN2O3S. The molecule has 1 N–H and O–H groups in total. The van der Waals surface area contributed by atoms with Crippen LogP contribution >= 0.6 is 0 Å². The zero-order valence-corrected chi connectivity index (χ0v) is 17.3. The monoisotopic (exact) mass is 406 g/mol. The molecule has 5 nitrogen and oxygen atoms in total. The Hall–Kier alpha value is -2.41. The third-order valence-corrected chi connectivity index (χ3v) is 6.21. The molecule has 0 heterocycles. The molecule has 0 saturated heterocycles. The van der Waals surface area contributed by atoms with E-state index in [-0.39, 0.29) is 16.5 Å². The van der Waals surface area contributed by atoms with Gasteiger partial charge in [-0.3, -0.25) is 9.52 Å². The van der Waals surface area contributed by atoms with E-state index in [1.807, 2.05) is 6.92 Å². The van der Waals surface area contributed by atoms with Crippen LogP contribution in [0.5, 0.6) is 0 Å². The highest BCUT2D eigenvalue weighted by atomic mass is 32.2. The number of nitrogens with zero attached hydrogens (tertiary/aromatic N) is 1. The number of nitrogens with one attached hydrogen (secondary N) is 1. The number of amides is 1. The van der Waals surface area contributed by atoms with Crippen molar-refractivity contribution in [2.24, 2.45) is 5.92 Å². The smallest absolute Gasteiger partial charge is 0.261 e. The predicted octanol–water partition coefficient (Wildman–Crippen LogP) is 4.52. The zero-order chi connectivity index (χ0) is 20.7. The van der Waals surface area contributed by atoms with Crippen LogP contribution in [0.1, 0.15) is 44.0 Å². The topological polar surface area (TPSA) is 66.5 Å². The van der Waals surface area contributed by atoms with Crippen molar-refractivity contribution >= 4 is 21.6 Å². The van der Waals surface area contributed by atoms with E-state index in [0.29, 0.717) is 24.6 Å². The Labute approximate surface area is 166 Å². The number of anilines is 1. The van der Waals surface area contributed by atoms with Crippen LogP contribution in [0.2, 0.25) is 0 Å². The molecule has 0 aliphatic rings. The Bertz CT molecular complexity index is 894. The van der Waals surface area contributed by atoms with Gasteiger partial charge < -0.3 is 4.90 Å². The van der Waals surface area contributed by atoms with Gasteiger partial charge in [-0.15, -0.1) is 0 Å². The Morgan fingerprint density at radius 1 is 1.04 bits per heavy atom. The molecule has 7 heteroatoms. The van der Waals surface area contributed by atoms with Crippen molar-refractivity contribution in [1.82, 2.24) is 4.90 Å². The number of benzene rings is 2. The van der Waals surface area contributed by atoms with Gasteiger partial charge in [-0.25, -0.2) is 12.8 Å². The maximum absolute atomic E-state index is 13.7. The zero-order valence-electron chi connectivity index (χ0n) is 16.5. The summed E-state index contributed by atoms with van der Waals surface area (Å²) in [4.78, 5) is 14.5. The van der Waals surface area contributed by atoms with Crippen molar-refractivity contribution in [1.29, 1.82) is 0 Å². The van der Waals surface area contributed by atoms with Gasteiger partial charge in [0, 0.05) is 18.7 Å². The van der Waals surface area contributed by atoms with E-state index in [1.165, 1.54) is 42.5 Å². The molecule has 0 spiro atoms. The summed E-state index contributed by atoms with van der Waals surface area (Å²) in [5, 5.41) is 0. The first-order chi connectivity index (χ1) is 13.3. The third-order valence-electron chi connectivity index (χ3n) is 4.83. The quantitative estimate of drug-likeness (QED) is 0.666. The first kappa shape index (κ1) is 21.9. The van der Waals surface area contributed by atoms with Crippen molar-refractivity contribution in [2.45, 2.75) is 38.5 Å². The fourth-order valence-electron chi connectivity index (χ4n) is 2.92. The number of rotatable bonds is 9. The molecule has 0 bridgehead atoms. The van der Waals surface area contributed by atoms with Crippen LogP contribution in [0, 0.1) is 11.7 Å². The van der Waals surface area contributed by atoms with Gasteiger partial charge in [0.1, 0.15) is 5.82 Å². The summed E-state index contributed by atoms with van der Waals surface area (Å²) in [5.41, 5.74) is 0.308. The average Bonchev–Trinajstić information content (AvgIpc) is 2.70. The minimum atomic E-state index is -3.95. The molecule has 0 atom stereocenters. The number of para-hydroxylation sites is 1. The summed E-state index contributed by atoms with van der Waals surface area (Å²) in [7, 11) is -3.95. The lowest BCUT2D eigenvalue weighted by atomic mass is 10.0. The third kappa shape index (κ3) is 5.32. The Morgan fingerprint density at radius 2 is 1.64 bits per heavy atom. The van der Waals surface area contributed by atoms with Gasteiger partial charge in [0.25, 0.3) is 15.9 Å². The van der Waals surface area contributed by atoms with E-state index in [0.717, 1.165) is 12.8 Å². The minimum Gasteiger partial charge on any atom is -0.339 e. The van der Waals surface area contributed by atoms with Gasteiger partial charge in [-0.1, -0.05) is 38.8 Å².